The average Bonchev–Trinajstić information content (AvgIpc) is 2.55. The van der Waals surface area contributed by atoms with Crippen molar-refractivity contribution in [3.8, 4) is 0 Å². The van der Waals surface area contributed by atoms with E-state index in [9.17, 15) is 9.59 Å². The maximum absolute atomic E-state index is 12.8. The fourth-order valence-electron chi connectivity index (χ4n) is 2.11. The number of hydrogen-bond acceptors (Lipinski definition) is 2. The second-order valence-electron chi connectivity index (χ2n) is 6.63. The van der Waals surface area contributed by atoms with E-state index in [1.54, 1.807) is 45.0 Å². The lowest BCUT2D eigenvalue weighted by Crippen LogP contribution is -2.57. The van der Waals surface area contributed by atoms with E-state index in [2.05, 4.69) is 10.7 Å². The minimum absolute atomic E-state index is 0.179. The number of carbonyl (C=O) groups is 2. The quantitative estimate of drug-likeness (QED) is 0.531. The molecule has 0 radical (unpaired) electrons. The second kappa shape index (κ2) is 8.57. The van der Waals surface area contributed by atoms with Crippen LogP contribution < -0.4 is 10.7 Å². The summed E-state index contributed by atoms with van der Waals surface area (Å²) in [6, 6.07) is 8.59. The van der Waals surface area contributed by atoms with Crippen LogP contribution in [0, 0.1) is 0 Å². The molecule has 0 atom stereocenters. The molecule has 9 heteroatoms. The summed E-state index contributed by atoms with van der Waals surface area (Å²) in [7, 11) is 0. The van der Waals surface area contributed by atoms with Gasteiger partial charge in [-0.05, 0) is 57.2 Å². The third kappa shape index (κ3) is 5.66. The standard InChI is InChI=1S/C18H17Cl4N3O2/c1-18(2,3)25(24-16(26)10-4-6-11(19)7-5-10)17(27)23-15-13(21)8-12(20)9-14(15)22/h4-9H,1-3H3,(H,23,27)(H,24,26). The Morgan fingerprint density at radius 1 is 0.889 bits per heavy atom. The predicted molar refractivity (Wildman–Crippen MR) is 111 cm³/mol. The Labute approximate surface area is 177 Å². The zero-order valence-electron chi connectivity index (χ0n) is 14.7. The average molecular weight is 449 g/mol. The van der Waals surface area contributed by atoms with E-state index in [0.29, 0.717) is 15.6 Å². The van der Waals surface area contributed by atoms with Crippen LogP contribution >= 0.6 is 46.4 Å². The van der Waals surface area contributed by atoms with Crippen molar-refractivity contribution >= 4 is 64.0 Å². The molecule has 0 aliphatic heterocycles. The molecule has 5 nitrogen and oxygen atoms in total. The van der Waals surface area contributed by atoms with Crippen molar-refractivity contribution in [2.45, 2.75) is 26.3 Å². The zero-order chi connectivity index (χ0) is 20.4. The molecule has 2 aromatic rings. The maximum atomic E-state index is 12.8. The van der Waals surface area contributed by atoms with Gasteiger partial charge < -0.3 is 5.32 Å². The third-order valence-corrected chi connectivity index (χ3v) is 4.50. The summed E-state index contributed by atoms with van der Waals surface area (Å²) in [5, 5.41) is 4.97. The lowest BCUT2D eigenvalue weighted by Gasteiger charge is -2.35. The van der Waals surface area contributed by atoms with Gasteiger partial charge in [0.2, 0.25) is 0 Å². The summed E-state index contributed by atoms with van der Waals surface area (Å²) in [6.45, 7) is 5.29. The van der Waals surface area contributed by atoms with Crippen LogP contribution in [-0.4, -0.2) is 22.5 Å². The fraction of sp³-hybridized carbons (Fsp3) is 0.222. The van der Waals surface area contributed by atoms with Gasteiger partial charge in [0.25, 0.3) is 5.91 Å². The van der Waals surface area contributed by atoms with E-state index in [0.717, 1.165) is 5.01 Å². The molecular formula is C18H17Cl4N3O2. The van der Waals surface area contributed by atoms with Crippen LogP contribution in [0.5, 0.6) is 0 Å². The highest BCUT2D eigenvalue weighted by molar-refractivity contribution is 6.42. The fourth-order valence-corrected chi connectivity index (χ4v) is 3.15. The number of nitrogens with zero attached hydrogens (tertiary/aromatic N) is 1. The van der Waals surface area contributed by atoms with Gasteiger partial charge in [0.05, 0.1) is 21.3 Å². The van der Waals surface area contributed by atoms with E-state index in [1.807, 2.05) is 0 Å². The number of benzene rings is 2. The maximum Gasteiger partial charge on any atom is 0.341 e. The first kappa shape index (κ1) is 21.6. The van der Waals surface area contributed by atoms with Gasteiger partial charge in [-0.25, -0.2) is 9.80 Å². The molecule has 0 saturated heterocycles. The molecule has 2 N–H and O–H groups in total. The van der Waals surface area contributed by atoms with Gasteiger partial charge in [-0.1, -0.05) is 46.4 Å². The molecule has 0 heterocycles. The molecule has 0 aromatic heterocycles. The molecule has 0 fully saturated rings. The van der Waals surface area contributed by atoms with Crippen LogP contribution in [-0.2, 0) is 0 Å². The van der Waals surface area contributed by atoms with E-state index in [-0.39, 0.29) is 15.7 Å². The first-order valence-electron chi connectivity index (χ1n) is 7.81. The first-order valence-corrected chi connectivity index (χ1v) is 9.32. The smallest absolute Gasteiger partial charge is 0.304 e. The van der Waals surface area contributed by atoms with Crippen LogP contribution in [0.2, 0.25) is 20.1 Å². The Bertz CT molecular complexity index is 841. The van der Waals surface area contributed by atoms with E-state index in [1.165, 1.54) is 12.1 Å². The normalized spacial score (nSPS) is 11.1. The largest absolute Gasteiger partial charge is 0.341 e. The Morgan fingerprint density at radius 2 is 1.41 bits per heavy atom. The minimum Gasteiger partial charge on any atom is -0.304 e. The lowest BCUT2D eigenvalue weighted by molar-refractivity contribution is 0.0687. The molecule has 2 aromatic carbocycles. The van der Waals surface area contributed by atoms with Crippen molar-refractivity contribution in [3.63, 3.8) is 0 Å². The minimum atomic E-state index is -0.739. The highest BCUT2D eigenvalue weighted by Crippen LogP contribution is 2.34. The van der Waals surface area contributed by atoms with Gasteiger partial charge in [0, 0.05) is 15.6 Å². The molecule has 27 heavy (non-hydrogen) atoms. The van der Waals surface area contributed by atoms with E-state index in [4.69, 9.17) is 46.4 Å². The van der Waals surface area contributed by atoms with Crippen molar-refractivity contribution in [2.24, 2.45) is 0 Å². The summed E-state index contributed by atoms with van der Waals surface area (Å²) in [5.74, 6) is -0.468. The van der Waals surface area contributed by atoms with Crippen LogP contribution in [0.3, 0.4) is 0 Å². The highest BCUT2D eigenvalue weighted by Gasteiger charge is 2.29. The third-order valence-electron chi connectivity index (χ3n) is 3.43. The predicted octanol–water partition coefficient (Wildman–Crippen LogP) is 6.28. The summed E-state index contributed by atoms with van der Waals surface area (Å²) in [4.78, 5) is 25.3. The van der Waals surface area contributed by atoms with Crippen LogP contribution in [0.4, 0.5) is 10.5 Å². The zero-order valence-corrected chi connectivity index (χ0v) is 17.8. The molecular weight excluding hydrogens is 432 g/mol. The van der Waals surface area contributed by atoms with Gasteiger partial charge in [-0.2, -0.15) is 0 Å². The van der Waals surface area contributed by atoms with Crippen molar-refractivity contribution in [1.29, 1.82) is 0 Å². The van der Waals surface area contributed by atoms with Crippen LogP contribution in [0.1, 0.15) is 31.1 Å². The number of hydrogen-bond donors (Lipinski definition) is 2. The van der Waals surface area contributed by atoms with Gasteiger partial charge in [0.15, 0.2) is 0 Å². The molecule has 0 spiro atoms. The SMILES string of the molecule is CC(C)(C)N(NC(=O)c1ccc(Cl)cc1)C(=O)Nc1c(Cl)cc(Cl)cc1Cl. The first-order chi connectivity index (χ1) is 12.5. The topological polar surface area (TPSA) is 61.4 Å². The number of nitrogens with one attached hydrogen (secondary N) is 2. The van der Waals surface area contributed by atoms with E-state index < -0.39 is 17.5 Å². The van der Waals surface area contributed by atoms with Crippen molar-refractivity contribution in [2.75, 3.05) is 5.32 Å². The van der Waals surface area contributed by atoms with Gasteiger partial charge in [-0.15, -0.1) is 0 Å². The molecule has 144 valence electrons. The van der Waals surface area contributed by atoms with Crippen LogP contribution in [0.15, 0.2) is 36.4 Å². The number of amides is 3. The molecule has 3 amide bonds. The Morgan fingerprint density at radius 3 is 1.89 bits per heavy atom. The summed E-state index contributed by atoms with van der Waals surface area (Å²) < 4.78 is 0. The molecule has 0 aliphatic rings. The summed E-state index contributed by atoms with van der Waals surface area (Å²) in [5.41, 5.74) is 2.40. The number of anilines is 1. The monoisotopic (exact) mass is 447 g/mol. The van der Waals surface area contributed by atoms with Gasteiger partial charge >= 0.3 is 6.03 Å². The number of rotatable bonds is 2. The second-order valence-corrected chi connectivity index (χ2v) is 8.32. The Balaban J connectivity index is 2.25. The number of carbonyl (C=O) groups excluding carboxylic acids is 2. The van der Waals surface area contributed by atoms with Crippen molar-refractivity contribution in [3.05, 3.63) is 62.1 Å². The molecule has 0 unspecified atom stereocenters. The molecule has 0 aliphatic carbocycles. The highest BCUT2D eigenvalue weighted by atomic mass is 35.5. The Kier molecular flexibility index (Phi) is 6.87. The molecule has 0 bridgehead atoms. The van der Waals surface area contributed by atoms with Gasteiger partial charge in [-0.3, -0.25) is 10.2 Å². The van der Waals surface area contributed by atoms with Gasteiger partial charge in [0.1, 0.15) is 0 Å². The number of halogens is 4. The summed E-state index contributed by atoms with van der Waals surface area (Å²) in [6.07, 6.45) is 0. The van der Waals surface area contributed by atoms with Crippen molar-refractivity contribution < 1.29 is 9.59 Å². The van der Waals surface area contributed by atoms with Crippen LogP contribution in [0.25, 0.3) is 0 Å². The molecule has 2 rings (SSSR count). The number of hydrazine groups is 1. The summed E-state index contributed by atoms with van der Waals surface area (Å²) >= 11 is 23.9. The molecule has 0 saturated carbocycles. The van der Waals surface area contributed by atoms with E-state index >= 15 is 0 Å². The number of urea groups is 1. The lowest BCUT2D eigenvalue weighted by atomic mass is 10.1. The van der Waals surface area contributed by atoms with Crippen molar-refractivity contribution in [1.82, 2.24) is 10.4 Å². The Hall–Kier alpha value is -1.66.